The molecule has 0 N–H and O–H groups in total. The molecule has 1 saturated carbocycles. The molecule has 4 aliphatic rings. The molecule has 3 heterocycles. The second-order valence-electron chi connectivity index (χ2n) is 34.0. The summed E-state index contributed by atoms with van der Waals surface area (Å²) < 4.78 is 0. The van der Waals surface area contributed by atoms with Crippen molar-refractivity contribution >= 4 is 85.7 Å². The zero-order valence-electron chi connectivity index (χ0n) is 58.6. The molecule has 9 aromatic carbocycles. The topological polar surface area (TPSA) is 13.0 Å². The van der Waals surface area contributed by atoms with Crippen LogP contribution >= 0.6 is 0 Å². The van der Waals surface area contributed by atoms with Crippen LogP contribution in [0, 0.1) is 0 Å². The lowest BCUT2D eigenvalue weighted by Gasteiger charge is -2.51. The van der Waals surface area contributed by atoms with Gasteiger partial charge in [0.2, 0.25) is 0 Å². The minimum Gasteiger partial charge on any atom is -0.334 e. The molecule has 4 nitrogen and oxygen atoms in total. The van der Waals surface area contributed by atoms with E-state index in [0.29, 0.717) is 0 Å². The predicted octanol–water partition coefficient (Wildman–Crippen LogP) is 22.4. The van der Waals surface area contributed by atoms with Gasteiger partial charge in [0, 0.05) is 67.9 Å². The van der Waals surface area contributed by atoms with Gasteiger partial charge in [-0.25, -0.2) is 0 Å². The van der Waals surface area contributed by atoms with Gasteiger partial charge in [-0.05, 0) is 210 Å². The van der Waals surface area contributed by atoms with Crippen LogP contribution in [-0.2, 0) is 37.9 Å². The summed E-state index contributed by atoms with van der Waals surface area (Å²) in [6.07, 6.45) is 4.61. The van der Waals surface area contributed by atoms with Crippen LogP contribution in [0.3, 0.4) is 0 Å². The fourth-order valence-corrected chi connectivity index (χ4v) is 15.6. The van der Waals surface area contributed by atoms with Crippen LogP contribution in [0.1, 0.15) is 203 Å². The number of benzene rings is 9. The molecule has 0 amide bonds. The number of hydrogen-bond donors (Lipinski definition) is 0. The number of rotatable bonds is 7. The van der Waals surface area contributed by atoms with Gasteiger partial charge >= 0.3 is 0 Å². The zero-order chi connectivity index (χ0) is 64.9. The average Bonchev–Trinajstić information content (AvgIpc) is 1.69. The molecule has 91 heavy (non-hydrogen) atoms. The van der Waals surface area contributed by atoms with E-state index in [1.54, 1.807) is 0 Å². The van der Waals surface area contributed by atoms with E-state index in [1.807, 2.05) is 0 Å². The summed E-state index contributed by atoms with van der Waals surface area (Å²) in [6, 6.07) is 74.4. The zero-order valence-corrected chi connectivity index (χ0v) is 58.6. The smallest absolute Gasteiger partial charge is 0.252 e. The van der Waals surface area contributed by atoms with Crippen LogP contribution < -0.4 is 36.0 Å². The predicted molar refractivity (Wildman–Crippen MR) is 396 cm³/mol. The van der Waals surface area contributed by atoms with Crippen molar-refractivity contribution in [3.05, 3.63) is 227 Å². The first-order chi connectivity index (χ1) is 42.6. The van der Waals surface area contributed by atoms with Gasteiger partial charge < -0.3 is 19.6 Å². The summed E-state index contributed by atoms with van der Waals surface area (Å²) in [6.45, 7) is 47.3. The number of hydrogen-bond acceptors (Lipinski definition) is 4. The molecule has 9 aromatic rings. The second-order valence-corrected chi connectivity index (χ2v) is 34.0. The Morgan fingerprint density at radius 1 is 0.352 bits per heavy atom. The molecule has 3 aliphatic heterocycles. The number of nitrogens with zero attached hydrogens (tertiary/aromatic N) is 4. The summed E-state index contributed by atoms with van der Waals surface area (Å²) in [7, 11) is 0. The Hall–Kier alpha value is -7.76. The van der Waals surface area contributed by atoms with Crippen molar-refractivity contribution in [2.45, 2.75) is 208 Å². The van der Waals surface area contributed by atoms with E-state index in [-0.39, 0.29) is 50.2 Å². The maximum Gasteiger partial charge on any atom is 0.252 e. The molecule has 5 heteroatoms. The highest BCUT2D eigenvalue weighted by Gasteiger charge is 2.58. The van der Waals surface area contributed by atoms with Gasteiger partial charge in [-0.3, -0.25) is 0 Å². The Labute approximate surface area is 547 Å². The molecular formula is C86H99BN4. The van der Waals surface area contributed by atoms with E-state index in [9.17, 15) is 0 Å². The highest BCUT2D eigenvalue weighted by Crippen LogP contribution is 2.62. The summed E-state index contributed by atoms with van der Waals surface area (Å²) >= 11 is 0. The molecule has 1 aliphatic carbocycles. The standard InChI is InChI=1S/C86H99BN4/c1-79(2,3)57-28-36-63(37-29-57)88(64-38-30-58(31-39-64)80(4,5)6)66-43-47-73-69(54-66)85(19)48-24-25-49-86(85,20)91(73)67-42-45-71-75(55-67)89(65-40-32-59(33-41-65)81(7,8)9)76-52-62(84(16,17)18)53-77-78(76)87(71)70-44-34-61(83(13,14)15)51-74(70)90(77)72-46-35-60(82(10,11)12)50-68(72)56-26-22-21-23-27-56/h21-23,26-47,50-55H,24-25,48-49H2,1-20H3. The third kappa shape index (κ3) is 10.5. The first kappa shape index (κ1) is 62.1. The van der Waals surface area contributed by atoms with Gasteiger partial charge in [-0.1, -0.05) is 235 Å². The summed E-state index contributed by atoms with van der Waals surface area (Å²) in [5, 5.41) is 0. The van der Waals surface area contributed by atoms with Gasteiger partial charge in [0.15, 0.2) is 0 Å². The van der Waals surface area contributed by atoms with Crippen LogP contribution in [0.4, 0.5) is 62.6 Å². The molecule has 0 radical (unpaired) electrons. The van der Waals surface area contributed by atoms with Gasteiger partial charge in [0.25, 0.3) is 6.71 Å². The Balaban J connectivity index is 1.05. The monoisotopic (exact) mass is 1200 g/mol. The Morgan fingerprint density at radius 2 is 0.780 bits per heavy atom. The molecule has 0 aromatic heterocycles. The number of fused-ring (bicyclic) bond motifs is 7. The van der Waals surface area contributed by atoms with E-state index in [1.165, 1.54) is 142 Å². The lowest BCUT2D eigenvalue weighted by molar-refractivity contribution is 0.195. The quantitative estimate of drug-likeness (QED) is 0.147. The Bertz CT molecular complexity index is 4210. The van der Waals surface area contributed by atoms with Crippen molar-refractivity contribution in [2.75, 3.05) is 19.6 Å². The fourth-order valence-electron chi connectivity index (χ4n) is 15.6. The average molecular weight is 1200 g/mol. The lowest BCUT2D eigenvalue weighted by Crippen LogP contribution is -2.61. The molecule has 13 rings (SSSR count). The van der Waals surface area contributed by atoms with E-state index in [2.05, 4.69) is 346 Å². The van der Waals surface area contributed by atoms with Crippen molar-refractivity contribution in [3.8, 4) is 11.1 Å². The van der Waals surface area contributed by atoms with Crippen molar-refractivity contribution in [3.63, 3.8) is 0 Å². The van der Waals surface area contributed by atoms with Crippen molar-refractivity contribution < 1.29 is 0 Å². The second kappa shape index (κ2) is 21.4. The molecule has 2 unspecified atom stereocenters. The van der Waals surface area contributed by atoms with Crippen molar-refractivity contribution in [1.82, 2.24) is 0 Å². The van der Waals surface area contributed by atoms with Crippen molar-refractivity contribution in [1.29, 1.82) is 0 Å². The highest BCUT2D eigenvalue weighted by atomic mass is 15.3. The SMILES string of the molecule is CC(C)(C)c1ccc(N(c2ccc(C(C)(C)C)cc2)c2ccc3c(c2)C2(C)CCCCC2(C)N3c2ccc3c(c2)N(c2ccc(C(C)(C)C)cc2)c2cc(C(C)(C)C)cc4c2B3c2ccc(C(C)(C)C)cc2N4c2ccc(C(C)(C)C)cc2-c2ccccc2)cc1. The van der Waals surface area contributed by atoms with Crippen molar-refractivity contribution in [2.24, 2.45) is 0 Å². The normalized spacial score (nSPS) is 18.2. The van der Waals surface area contributed by atoms with Crippen LogP contribution in [-0.4, -0.2) is 12.3 Å². The maximum atomic E-state index is 2.80. The van der Waals surface area contributed by atoms with Gasteiger partial charge in [-0.15, -0.1) is 0 Å². The minimum absolute atomic E-state index is 0.00701. The van der Waals surface area contributed by atoms with E-state index in [0.717, 1.165) is 12.8 Å². The van der Waals surface area contributed by atoms with Gasteiger partial charge in [-0.2, -0.15) is 0 Å². The largest absolute Gasteiger partial charge is 0.334 e. The van der Waals surface area contributed by atoms with Crippen LogP contribution in [0.2, 0.25) is 0 Å². The van der Waals surface area contributed by atoms with E-state index < -0.39 is 0 Å². The first-order valence-corrected chi connectivity index (χ1v) is 34.0. The molecule has 2 atom stereocenters. The maximum absolute atomic E-state index is 2.80. The Morgan fingerprint density at radius 3 is 1.33 bits per heavy atom. The summed E-state index contributed by atoms with van der Waals surface area (Å²) in [4.78, 5) is 10.6. The van der Waals surface area contributed by atoms with Crippen LogP contribution in [0.5, 0.6) is 0 Å². The van der Waals surface area contributed by atoms with Crippen LogP contribution in [0.15, 0.2) is 188 Å². The van der Waals surface area contributed by atoms with E-state index in [4.69, 9.17) is 0 Å². The third-order valence-electron chi connectivity index (χ3n) is 21.6. The molecule has 466 valence electrons. The van der Waals surface area contributed by atoms with Gasteiger partial charge in [0.1, 0.15) is 0 Å². The summed E-state index contributed by atoms with van der Waals surface area (Å²) in [5.41, 5.74) is 28.7. The Kier molecular flexibility index (Phi) is 14.6. The minimum atomic E-state index is -0.202. The van der Waals surface area contributed by atoms with Gasteiger partial charge in [0.05, 0.1) is 11.2 Å². The summed E-state index contributed by atoms with van der Waals surface area (Å²) in [5.74, 6) is 0. The molecule has 0 spiro atoms. The fraction of sp³-hybridized carbons (Fsp3) is 0.372. The number of anilines is 11. The lowest BCUT2D eigenvalue weighted by atomic mass is 9.33. The van der Waals surface area contributed by atoms with E-state index >= 15 is 0 Å². The van der Waals surface area contributed by atoms with Crippen LogP contribution in [0.25, 0.3) is 11.1 Å². The molecule has 1 fully saturated rings. The molecule has 0 bridgehead atoms. The molecular weight excluding hydrogens is 1100 g/mol. The third-order valence-corrected chi connectivity index (χ3v) is 21.6. The highest BCUT2D eigenvalue weighted by molar-refractivity contribution is 7.00. The molecule has 0 saturated heterocycles. The first-order valence-electron chi connectivity index (χ1n) is 34.0.